The van der Waals surface area contributed by atoms with Crippen molar-refractivity contribution in [3.05, 3.63) is 29.6 Å². The van der Waals surface area contributed by atoms with Gasteiger partial charge >= 0.3 is 0 Å². The number of benzene rings is 1. The Morgan fingerprint density at radius 1 is 1.50 bits per heavy atom. The van der Waals surface area contributed by atoms with Crippen LogP contribution in [0.15, 0.2) is 18.2 Å². The monoisotopic (exact) mass is 227 g/mol. The van der Waals surface area contributed by atoms with Crippen LogP contribution in [0.2, 0.25) is 0 Å². The second-order valence-electron chi connectivity index (χ2n) is 3.76. The van der Waals surface area contributed by atoms with E-state index in [0.29, 0.717) is 13.0 Å². The third kappa shape index (κ3) is 3.79. The first-order valence-electron chi connectivity index (χ1n) is 5.34. The highest BCUT2D eigenvalue weighted by Crippen LogP contribution is 2.17. The van der Waals surface area contributed by atoms with Crippen molar-refractivity contribution in [2.75, 3.05) is 13.7 Å². The SMILES string of the molecule is COc1ccc(CNC(C)CCO)cc1F. The molecule has 90 valence electrons. The number of methoxy groups -OCH3 is 1. The molecule has 0 heterocycles. The summed E-state index contributed by atoms with van der Waals surface area (Å²) < 4.78 is 18.2. The molecule has 3 nitrogen and oxygen atoms in total. The van der Waals surface area contributed by atoms with Gasteiger partial charge in [-0.3, -0.25) is 0 Å². The van der Waals surface area contributed by atoms with E-state index in [-0.39, 0.29) is 24.2 Å². The first-order valence-corrected chi connectivity index (χ1v) is 5.34. The topological polar surface area (TPSA) is 41.5 Å². The Bertz CT molecular complexity index is 331. The van der Waals surface area contributed by atoms with Crippen LogP contribution in [0.5, 0.6) is 5.75 Å². The molecule has 0 spiro atoms. The summed E-state index contributed by atoms with van der Waals surface area (Å²) >= 11 is 0. The lowest BCUT2D eigenvalue weighted by Gasteiger charge is -2.12. The molecule has 16 heavy (non-hydrogen) atoms. The predicted octanol–water partition coefficient (Wildman–Crippen LogP) is 1.69. The normalized spacial score (nSPS) is 12.5. The maximum atomic E-state index is 13.3. The molecule has 0 aliphatic carbocycles. The van der Waals surface area contributed by atoms with Gasteiger partial charge in [-0.05, 0) is 31.0 Å². The van der Waals surface area contributed by atoms with E-state index in [1.54, 1.807) is 6.07 Å². The van der Waals surface area contributed by atoms with Crippen LogP contribution >= 0.6 is 0 Å². The number of hydrogen-bond donors (Lipinski definition) is 2. The summed E-state index contributed by atoms with van der Waals surface area (Å²) in [7, 11) is 1.44. The summed E-state index contributed by atoms with van der Waals surface area (Å²) in [5, 5.41) is 11.9. The lowest BCUT2D eigenvalue weighted by molar-refractivity contribution is 0.268. The van der Waals surface area contributed by atoms with Crippen LogP contribution in [0.1, 0.15) is 18.9 Å². The van der Waals surface area contributed by atoms with E-state index >= 15 is 0 Å². The Labute approximate surface area is 95.2 Å². The van der Waals surface area contributed by atoms with E-state index in [0.717, 1.165) is 5.56 Å². The van der Waals surface area contributed by atoms with Gasteiger partial charge in [0.05, 0.1) is 7.11 Å². The lowest BCUT2D eigenvalue weighted by Crippen LogP contribution is -2.26. The average molecular weight is 227 g/mol. The van der Waals surface area contributed by atoms with Gasteiger partial charge in [0, 0.05) is 19.2 Å². The summed E-state index contributed by atoms with van der Waals surface area (Å²) in [5.41, 5.74) is 0.864. The molecule has 1 rings (SSSR count). The molecule has 1 unspecified atom stereocenters. The summed E-state index contributed by atoms with van der Waals surface area (Å²) in [6, 6.07) is 5.11. The molecule has 0 bridgehead atoms. The molecule has 4 heteroatoms. The summed E-state index contributed by atoms with van der Waals surface area (Å²) in [4.78, 5) is 0. The molecule has 0 saturated carbocycles. The van der Waals surface area contributed by atoms with E-state index in [4.69, 9.17) is 9.84 Å². The highest BCUT2D eigenvalue weighted by molar-refractivity contribution is 5.29. The number of hydrogen-bond acceptors (Lipinski definition) is 3. The minimum atomic E-state index is -0.350. The number of rotatable bonds is 6. The summed E-state index contributed by atoms with van der Waals surface area (Å²) in [6.07, 6.45) is 0.693. The van der Waals surface area contributed by atoms with E-state index in [1.807, 2.05) is 13.0 Å². The van der Waals surface area contributed by atoms with Crippen LogP contribution in [-0.4, -0.2) is 24.9 Å². The minimum absolute atomic E-state index is 0.158. The fourth-order valence-corrected chi connectivity index (χ4v) is 1.41. The van der Waals surface area contributed by atoms with Crippen LogP contribution in [0.4, 0.5) is 4.39 Å². The zero-order valence-corrected chi connectivity index (χ0v) is 9.66. The highest BCUT2D eigenvalue weighted by Gasteiger charge is 2.04. The van der Waals surface area contributed by atoms with Crippen molar-refractivity contribution in [3.8, 4) is 5.75 Å². The Hall–Kier alpha value is -1.13. The van der Waals surface area contributed by atoms with Gasteiger partial charge in [-0.25, -0.2) is 4.39 Å². The standard InChI is InChI=1S/C12H18FNO2/c1-9(5-6-15)14-8-10-3-4-12(16-2)11(13)7-10/h3-4,7,9,14-15H,5-6,8H2,1-2H3. The van der Waals surface area contributed by atoms with Crippen molar-refractivity contribution in [1.29, 1.82) is 0 Å². The molecule has 0 aromatic heterocycles. The third-order valence-electron chi connectivity index (χ3n) is 2.43. The van der Waals surface area contributed by atoms with Gasteiger partial charge in [-0.15, -0.1) is 0 Å². The van der Waals surface area contributed by atoms with Crippen molar-refractivity contribution in [2.24, 2.45) is 0 Å². The smallest absolute Gasteiger partial charge is 0.165 e. The van der Waals surface area contributed by atoms with Crippen molar-refractivity contribution >= 4 is 0 Å². The zero-order valence-electron chi connectivity index (χ0n) is 9.66. The lowest BCUT2D eigenvalue weighted by atomic mass is 10.2. The Morgan fingerprint density at radius 3 is 2.81 bits per heavy atom. The van der Waals surface area contributed by atoms with Crippen LogP contribution in [0.3, 0.4) is 0 Å². The van der Waals surface area contributed by atoms with Crippen LogP contribution in [0, 0.1) is 5.82 Å². The molecule has 1 atom stereocenters. The number of ether oxygens (including phenoxy) is 1. The quantitative estimate of drug-likeness (QED) is 0.777. The number of nitrogens with one attached hydrogen (secondary N) is 1. The first kappa shape index (κ1) is 12.9. The zero-order chi connectivity index (χ0) is 12.0. The fraction of sp³-hybridized carbons (Fsp3) is 0.500. The van der Waals surface area contributed by atoms with Crippen LogP contribution < -0.4 is 10.1 Å². The van der Waals surface area contributed by atoms with Crippen LogP contribution in [0.25, 0.3) is 0 Å². The van der Waals surface area contributed by atoms with Crippen molar-refractivity contribution < 1.29 is 14.2 Å². The molecule has 1 aromatic carbocycles. The largest absolute Gasteiger partial charge is 0.494 e. The molecule has 0 aliphatic heterocycles. The Balaban J connectivity index is 2.51. The molecule has 0 radical (unpaired) electrons. The average Bonchev–Trinajstić information content (AvgIpc) is 2.27. The Morgan fingerprint density at radius 2 is 2.25 bits per heavy atom. The third-order valence-corrected chi connectivity index (χ3v) is 2.43. The summed E-state index contributed by atoms with van der Waals surface area (Å²) in [5.74, 6) is -0.0937. The van der Waals surface area contributed by atoms with Gasteiger partial charge in [-0.2, -0.15) is 0 Å². The fourth-order valence-electron chi connectivity index (χ4n) is 1.41. The highest BCUT2D eigenvalue weighted by atomic mass is 19.1. The maximum absolute atomic E-state index is 13.3. The molecular formula is C12H18FNO2. The first-order chi connectivity index (χ1) is 7.67. The van der Waals surface area contributed by atoms with E-state index in [9.17, 15) is 4.39 Å². The van der Waals surface area contributed by atoms with Gasteiger partial charge in [-0.1, -0.05) is 6.07 Å². The molecule has 0 saturated heterocycles. The van der Waals surface area contributed by atoms with Crippen molar-refractivity contribution in [3.63, 3.8) is 0 Å². The molecule has 0 amide bonds. The van der Waals surface area contributed by atoms with E-state index < -0.39 is 0 Å². The van der Waals surface area contributed by atoms with Gasteiger partial charge in [0.15, 0.2) is 11.6 Å². The minimum Gasteiger partial charge on any atom is -0.494 e. The molecule has 2 N–H and O–H groups in total. The number of aliphatic hydroxyl groups is 1. The van der Waals surface area contributed by atoms with E-state index in [1.165, 1.54) is 13.2 Å². The van der Waals surface area contributed by atoms with Gasteiger partial charge < -0.3 is 15.2 Å². The second-order valence-corrected chi connectivity index (χ2v) is 3.76. The molecule has 1 aromatic rings. The van der Waals surface area contributed by atoms with Crippen molar-refractivity contribution in [2.45, 2.75) is 25.9 Å². The summed E-state index contributed by atoms with van der Waals surface area (Å²) in [6.45, 7) is 2.73. The second kappa shape index (κ2) is 6.45. The maximum Gasteiger partial charge on any atom is 0.165 e. The number of aliphatic hydroxyl groups excluding tert-OH is 1. The predicted molar refractivity (Wildman–Crippen MR) is 61.0 cm³/mol. The molecule has 0 fully saturated rings. The van der Waals surface area contributed by atoms with Gasteiger partial charge in [0.2, 0.25) is 0 Å². The van der Waals surface area contributed by atoms with Gasteiger partial charge in [0.1, 0.15) is 0 Å². The van der Waals surface area contributed by atoms with Gasteiger partial charge in [0.25, 0.3) is 0 Å². The van der Waals surface area contributed by atoms with Crippen molar-refractivity contribution in [1.82, 2.24) is 5.32 Å². The molecule has 0 aliphatic rings. The van der Waals surface area contributed by atoms with Crippen LogP contribution in [-0.2, 0) is 6.54 Å². The van der Waals surface area contributed by atoms with E-state index in [2.05, 4.69) is 5.32 Å². The number of halogens is 1. The Kier molecular flexibility index (Phi) is 5.22. The molecular weight excluding hydrogens is 209 g/mol.